The van der Waals surface area contributed by atoms with Gasteiger partial charge in [-0.2, -0.15) is 74.0 Å². The van der Waals surface area contributed by atoms with Crippen molar-refractivity contribution >= 4 is 55.0 Å². The summed E-state index contributed by atoms with van der Waals surface area (Å²) in [7, 11) is -0.222. The van der Waals surface area contributed by atoms with Gasteiger partial charge in [-0.1, -0.05) is 70.3 Å². The first-order valence-corrected chi connectivity index (χ1v) is 22.1. The number of rotatable bonds is 10. The SMILES string of the molecule is C.C.C#CC(=O)OC.CC(=O)OCc1ccc(-n2nc(C(F)(F)F)cc2C)cc1.CC(=O)OCc1ccc(B(O)O)cc1.CCN.Cc1cc(C(F)(F)F)n[nH]1.N.O=C=O.O=C=O.O=CNc1cc(C(F)(F)F)nn1-c1ccc(CO)cc1.O=N[O-].[Na+]. The summed E-state index contributed by atoms with van der Waals surface area (Å²) >= 11 is 0. The number of aromatic amines is 1. The van der Waals surface area contributed by atoms with Gasteiger partial charge in [0, 0.05) is 37.2 Å². The Balaban J connectivity index is -0.000000180. The fraction of sp³-hybridized carbons (Fsp3) is 0.300. The van der Waals surface area contributed by atoms with Gasteiger partial charge in [-0.05, 0) is 78.9 Å². The standard InChI is InChI=1S/C14H13F3N2O2.C12H10F3N3O2.C9H11BO4.C5H5F3N2.C4H4O2.C2H7N.2CO2.2CH4.HNO2.H3N.Na/c1-9-7-13(14(15,16)17)18-19(9)12-5-3-11(4-6-12)8-21-10(2)20;13-12(14,15)10-5-11(16-7-20)18(17-10)9-3-1-8(6-19)2-4-9;1-7(11)14-6-8-2-4-9(5-3-8)10(12)13;1-3-2-4(10-9-3)5(6,7)8;1-3-4(5)6-2;1-2-3;2*2-1-3;;;2-1-3;;/h3-7H,8H2,1-2H3;1-5,7,19H,6H2,(H,16,20);2-5,12-13H,6H2,1H3;2H,1H3,(H,9,10);1H,2H3;2-3H2,1H3;;;2*1H4;(H,2,3);1H3;/q;;;;;;;;;;;;+1/p-1. The third kappa shape index (κ3) is 40.9. The monoisotopic (exact) mass is 1260 g/mol. The molecule has 37 heteroatoms. The molecular formula is C50H61BF9N10NaO16. The second kappa shape index (κ2) is 49.4. The summed E-state index contributed by atoms with van der Waals surface area (Å²) in [6.07, 6.45) is -8.07. The van der Waals surface area contributed by atoms with Gasteiger partial charge in [0.25, 0.3) is 0 Å². The Morgan fingerprint density at radius 1 is 0.747 bits per heavy atom. The number of aromatic nitrogens is 6. The summed E-state index contributed by atoms with van der Waals surface area (Å²) in [6.45, 7) is 8.52. The predicted octanol–water partition coefficient (Wildman–Crippen LogP) is 3.66. The molecule has 0 atom stereocenters. The largest absolute Gasteiger partial charge is 1.00 e. The zero-order valence-corrected chi connectivity index (χ0v) is 47.7. The van der Waals surface area contributed by atoms with Gasteiger partial charge in [0.1, 0.15) is 19.0 Å². The van der Waals surface area contributed by atoms with Crippen LogP contribution < -0.4 is 52.2 Å². The van der Waals surface area contributed by atoms with Crippen LogP contribution in [-0.2, 0) is 90.9 Å². The number of nitrogens with one attached hydrogen (secondary N) is 2. The Hall–Kier alpha value is -8.88. The second-order valence-electron chi connectivity index (χ2n) is 14.6. The summed E-state index contributed by atoms with van der Waals surface area (Å²) in [5.74, 6) is 0.302. The number of carbonyl (C=O) groups is 4. The number of esters is 3. The van der Waals surface area contributed by atoms with E-state index in [9.17, 15) is 58.7 Å². The van der Waals surface area contributed by atoms with Crippen LogP contribution in [0.25, 0.3) is 11.4 Å². The first-order valence-electron chi connectivity index (χ1n) is 22.1. The summed E-state index contributed by atoms with van der Waals surface area (Å²) in [5, 5.41) is 49.9. The van der Waals surface area contributed by atoms with Crippen LogP contribution >= 0.6 is 0 Å². The first kappa shape index (κ1) is 91.9. The van der Waals surface area contributed by atoms with Crippen LogP contribution in [-0.4, -0.2) is 102 Å². The maximum absolute atomic E-state index is 12.6. The van der Waals surface area contributed by atoms with E-state index in [0.29, 0.717) is 33.8 Å². The molecule has 3 aromatic carbocycles. The summed E-state index contributed by atoms with van der Waals surface area (Å²) < 4.78 is 127. The van der Waals surface area contributed by atoms with E-state index >= 15 is 0 Å². The summed E-state index contributed by atoms with van der Waals surface area (Å²) in [5.41, 5.74) is 6.17. The molecule has 3 heterocycles. The number of aliphatic hydroxyl groups excluding tert-OH is 1. The van der Waals surface area contributed by atoms with Crippen LogP contribution in [0.4, 0.5) is 45.3 Å². The molecule has 1 amide bonds. The van der Waals surface area contributed by atoms with Crippen LogP contribution in [0, 0.1) is 36.3 Å². The van der Waals surface area contributed by atoms with Crippen molar-refractivity contribution in [2.24, 2.45) is 11.1 Å². The van der Waals surface area contributed by atoms with E-state index in [2.05, 4.69) is 36.9 Å². The minimum Gasteiger partial charge on any atom is -0.461 e. The number of benzene rings is 3. The number of aryl methyl sites for hydroxylation is 2. The van der Waals surface area contributed by atoms with Crippen LogP contribution in [0.5, 0.6) is 0 Å². The van der Waals surface area contributed by atoms with E-state index in [-0.39, 0.29) is 101 Å². The van der Waals surface area contributed by atoms with Gasteiger partial charge >= 0.3 is 85.4 Å². The number of hydrogen-bond acceptors (Lipinski definition) is 22. The van der Waals surface area contributed by atoms with Crippen molar-refractivity contribution in [1.29, 1.82) is 0 Å². The minimum atomic E-state index is -4.60. The molecule has 6 aromatic rings. The van der Waals surface area contributed by atoms with Gasteiger partial charge < -0.3 is 56.7 Å². The zero-order chi connectivity index (χ0) is 64.5. The fourth-order valence-corrected chi connectivity index (χ4v) is 5.01. The van der Waals surface area contributed by atoms with Crippen LogP contribution in [0.15, 0.2) is 96.3 Å². The summed E-state index contributed by atoms with van der Waals surface area (Å²) in [4.78, 5) is 81.9. The van der Waals surface area contributed by atoms with Crippen molar-refractivity contribution in [3.8, 4) is 23.7 Å². The molecule has 0 saturated heterocycles. The van der Waals surface area contributed by atoms with Gasteiger partial charge in [-0.15, -0.1) is 11.8 Å². The molecule has 6 rings (SSSR count). The van der Waals surface area contributed by atoms with E-state index in [4.69, 9.17) is 59.7 Å². The predicted molar refractivity (Wildman–Crippen MR) is 286 cm³/mol. The van der Waals surface area contributed by atoms with Gasteiger partial charge in [-0.3, -0.25) is 19.5 Å². The van der Waals surface area contributed by atoms with Crippen molar-refractivity contribution in [1.82, 2.24) is 35.9 Å². The van der Waals surface area contributed by atoms with E-state index in [1.165, 1.54) is 44.7 Å². The maximum Gasteiger partial charge on any atom is 1.00 e. The van der Waals surface area contributed by atoms with Gasteiger partial charge in [-0.25, -0.2) is 14.2 Å². The number of methoxy groups -OCH3 is 1. The van der Waals surface area contributed by atoms with Gasteiger partial charge in [0.05, 0.1) is 25.1 Å². The number of aliphatic hydroxyl groups is 1. The smallest absolute Gasteiger partial charge is 0.461 e. The molecule has 10 N–H and O–H groups in total. The number of carbonyl (C=O) groups excluding carboxylic acids is 8. The van der Waals surface area contributed by atoms with Crippen LogP contribution in [0.2, 0.25) is 0 Å². The molecular weight excluding hydrogens is 1200 g/mol. The molecule has 0 aliphatic heterocycles. The molecule has 0 fully saturated rings. The average Bonchev–Trinajstić information content (AvgIpc) is 3.31. The molecule has 0 aliphatic carbocycles. The Bertz CT molecular complexity index is 2970. The van der Waals surface area contributed by atoms with Crippen molar-refractivity contribution in [3.63, 3.8) is 0 Å². The third-order valence-electron chi connectivity index (χ3n) is 8.39. The number of halogens is 9. The second-order valence-corrected chi connectivity index (χ2v) is 14.6. The molecule has 26 nitrogen and oxygen atoms in total. The number of amides is 1. The number of H-pyrrole nitrogens is 1. The molecule has 0 bridgehead atoms. The number of anilines is 1. The van der Waals surface area contributed by atoms with Gasteiger partial charge in [0.15, 0.2) is 17.1 Å². The maximum atomic E-state index is 12.6. The number of nitrogens with zero attached hydrogens (tertiary/aromatic N) is 6. The summed E-state index contributed by atoms with van der Waals surface area (Å²) in [6, 6.07) is 21.9. The van der Waals surface area contributed by atoms with Crippen molar-refractivity contribution in [2.45, 2.75) is 87.8 Å². The Kier molecular flexibility index (Phi) is 52.2. The molecule has 0 saturated carbocycles. The number of ether oxygens (including phenoxy) is 3. The molecule has 0 spiro atoms. The first-order chi connectivity index (χ1) is 38.8. The van der Waals surface area contributed by atoms with E-state index < -0.39 is 54.7 Å². The zero-order valence-electron chi connectivity index (χ0n) is 45.7. The molecule has 0 radical (unpaired) electrons. The normalized spacial score (nSPS) is 9.26. The third-order valence-corrected chi connectivity index (χ3v) is 8.39. The topological polar surface area (TPSA) is 415 Å². The number of hydrogen-bond donors (Lipinski definition) is 7. The Morgan fingerprint density at radius 3 is 1.38 bits per heavy atom. The van der Waals surface area contributed by atoms with Crippen molar-refractivity contribution < 1.29 is 137 Å². The quantitative estimate of drug-likeness (QED) is 0.0118. The Morgan fingerprint density at radius 2 is 1.10 bits per heavy atom. The Labute approximate surface area is 513 Å². The molecule has 87 heavy (non-hydrogen) atoms. The van der Waals surface area contributed by atoms with E-state index in [1.807, 2.05) is 6.92 Å². The number of terminal acetylenes is 1. The minimum absolute atomic E-state index is 0. The van der Waals surface area contributed by atoms with Crippen molar-refractivity contribution in [2.75, 3.05) is 19.0 Å². The molecule has 3 aromatic heterocycles. The molecule has 0 unspecified atom stereocenters. The molecule has 474 valence electrons. The van der Waals surface area contributed by atoms with E-state index in [0.717, 1.165) is 45.9 Å². The average molecular weight is 1260 g/mol. The van der Waals surface area contributed by atoms with Crippen LogP contribution in [0.3, 0.4) is 0 Å². The fourth-order valence-electron chi connectivity index (χ4n) is 5.01. The van der Waals surface area contributed by atoms with Gasteiger partial charge in [0.2, 0.25) is 6.41 Å². The van der Waals surface area contributed by atoms with Crippen LogP contribution in [0.1, 0.15) is 80.8 Å². The van der Waals surface area contributed by atoms with E-state index in [1.54, 1.807) is 73.5 Å². The molecule has 0 aliphatic rings. The number of alkyl halides is 9. The van der Waals surface area contributed by atoms with Crippen molar-refractivity contribution in [3.05, 3.63) is 146 Å². The number of nitrogens with two attached hydrogens (primary N) is 1.